The number of carbonyl (C=O) groups is 1. The van der Waals surface area contributed by atoms with Crippen LogP contribution in [0.3, 0.4) is 0 Å². The Hall–Kier alpha value is -1.90. The number of nitrogens with one attached hydrogen (secondary N) is 1. The molecule has 7 nitrogen and oxygen atoms in total. The largest absolute Gasteiger partial charge is 0.497 e. The standard InChI is InChI=1S/C23H37NO6S/c1-5-8-9-19(6-2)17-29-18-22(16-24-31(26,27)7-3)30-23(25)15-12-20-10-13-21(28-4)14-11-20/h10-15,19,22,24H,5-9,16-18H2,1-4H3/b15-12+. The first kappa shape index (κ1) is 27.1. The minimum atomic E-state index is -3.40. The molecule has 1 aromatic carbocycles. The third-order valence-corrected chi connectivity index (χ3v) is 6.29. The van der Waals surface area contributed by atoms with Crippen molar-refractivity contribution in [3.63, 3.8) is 0 Å². The summed E-state index contributed by atoms with van der Waals surface area (Å²) in [6.07, 6.45) is 6.62. The number of carbonyl (C=O) groups excluding carboxylic acids is 1. The first-order valence-corrected chi connectivity index (χ1v) is 12.6. The van der Waals surface area contributed by atoms with E-state index < -0.39 is 22.1 Å². The van der Waals surface area contributed by atoms with E-state index in [0.29, 0.717) is 12.5 Å². The van der Waals surface area contributed by atoms with Crippen LogP contribution in [-0.4, -0.2) is 53.1 Å². The van der Waals surface area contributed by atoms with E-state index in [4.69, 9.17) is 14.2 Å². The van der Waals surface area contributed by atoms with Crippen molar-refractivity contribution in [2.75, 3.05) is 32.6 Å². The van der Waals surface area contributed by atoms with Gasteiger partial charge in [0.05, 0.1) is 19.5 Å². The van der Waals surface area contributed by atoms with Crippen LogP contribution in [0.4, 0.5) is 0 Å². The summed E-state index contributed by atoms with van der Waals surface area (Å²) in [5.74, 6) is 0.571. The number of sulfonamides is 1. The first-order chi connectivity index (χ1) is 14.8. The zero-order valence-electron chi connectivity index (χ0n) is 19.1. The first-order valence-electron chi connectivity index (χ1n) is 10.9. The number of rotatable bonds is 16. The molecule has 2 atom stereocenters. The maximum Gasteiger partial charge on any atom is 0.331 e. The third kappa shape index (κ3) is 11.9. The maximum atomic E-state index is 12.3. The Morgan fingerprint density at radius 2 is 1.84 bits per heavy atom. The fourth-order valence-electron chi connectivity index (χ4n) is 2.80. The van der Waals surface area contributed by atoms with Crippen molar-refractivity contribution in [3.05, 3.63) is 35.9 Å². The van der Waals surface area contributed by atoms with Crippen molar-refractivity contribution >= 4 is 22.1 Å². The molecule has 0 aliphatic rings. The molecule has 31 heavy (non-hydrogen) atoms. The van der Waals surface area contributed by atoms with Crippen LogP contribution in [0.2, 0.25) is 0 Å². The van der Waals surface area contributed by atoms with Crippen molar-refractivity contribution in [1.29, 1.82) is 0 Å². The van der Waals surface area contributed by atoms with Gasteiger partial charge in [0.25, 0.3) is 0 Å². The molecular weight excluding hydrogens is 418 g/mol. The van der Waals surface area contributed by atoms with Gasteiger partial charge in [-0.25, -0.2) is 17.9 Å². The van der Waals surface area contributed by atoms with Crippen molar-refractivity contribution in [3.8, 4) is 5.75 Å². The van der Waals surface area contributed by atoms with Gasteiger partial charge in [0, 0.05) is 19.2 Å². The van der Waals surface area contributed by atoms with E-state index in [2.05, 4.69) is 18.6 Å². The lowest BCUT2D eigenvalue weighted by atomic mass is 10.0. The number of methoxy groups -OCH3 is 1. The summed E-state index contributed by atoms with van der Waals surface area (Å²) in [5, 5.41) is 0. The Kier molecular flexibility index (Phi) is 13.1. The van der Waals surface area contributed by atoms with Crippen LogP contribution in [0.1, 0.15) is 52.0 Å². The van der Waals surface area contributed by atoms with Crippen molar-refractivity contribution in [2.45, 2.75) is 52.6 Å². The predicted octanol–water partition coefficient (Wildman–Crippen LogP) is 3.79. The lowest BCUT2D eigenvalue weighted by molar-refractivity contribution is -0.145. The minimum absolute atomic E-state index is 0.0238. The molecule has 0 saturated heterocycles. The zero-order chi connectivity index (χ0) is 23.1. The summed E-state index contributed by atoms with van der Waals surface area (Å²) in [4.78, 5) is 12.3. The van der Waals surface area contributed by atoms with Gasteiger partial charge in [-0.15, -0.1) is 0 Å². The molecule has 0 aliphatic carbocycles. The van der Waals surface area contributed by atoms with Gasteiger partial charge < -0.3 is 14.2 Å². The Bertz CT molecular complexity index is 761. The van der Waals surface area contributed by atoms with Gasteiger partial charge in [0.1, 0.15) is 11.9 Å². The lowest BCUT2D eigenvalue weighted by Crippen LogP contribution is -2.38. The average Bonchev–Trinajstić information content (AvgIpc) is 2.78. The second kappa shape index (κ2) is 15.0. The molecule has 0 fully saturated rings. The summed E-state index contributed by atoms with van der Waals surface area (Å²) in [6, 6.07) is 7.23. The molecule has 0 spiro atoms. The molecule has 0 heterocycles. The Labute approximate surface area is 187 Å². The molecule has 1 N–H and O–H groups in total. The molecule has 0 aromatic heterocycles. The predicted molar refractivity (Wildman–Crippen MR) is 123 cm³/mol. The molecule has 176 valence electrons. The van der Waals surface area contributed by atoms with E-state index in [-0.39, 0.29) is 18.9 Å². The number of benzene rings is 1. The lowest BCUT2D eigenvalue weighted by Gasteiger charge is -2.20. The van der Waals surface area contributed by atoms with E-state index in [1.807, 2.05) is 12.1 Å². The molecule has 1 rings (SSSR count). The van der Waals surface area contributed by atoms with Gasteiger partial charge in [-0.3, -0.25) is 0 Å². The van der Waals surface area contributed by atoms with Gasteiger partial charge in [-0.1, -0.05) is 45.2 Å². The molecule has 0 aliphatic heterocycles. The third-order valence-electron chi connectivity index (χ3n) is 4.92. The summed E-state index contributed by atoms with van der Waals surface area (Å²) < 4.78 is 42.4. The molecule has 0 saturated carbocycles. The quantitative estimate of drug-likeness (QED) is 0.301. The molecular formula is C23H37NO6S. The fraction of sp³-hybridized carbons (Fsp3) is 0.609. The van der Waals surface area contributed by atoms with Crippen LogP contribution in [0, 0.1) is 5.92 Å². The number of ether oxygens (including phenoxy) is 3. The summed E-state index contributed by atoms with van der Waals surface area (Å²) in [7, 11) is -1.81. The monoisotopic (exact) mass is 455 g/mol. The fourth-order valence-corrected chi connectivity index (χ4v) is 3.45. The minimum Gasteiger partial charge on any atom is -0.497 e. The van der Waals surface area contributed by atoms with Crippen LogP contribution in [0.25, 0.3) is 6.08 Å². The highest BCUT2D eigenvalue weighted by Crippen LogP contribution is 2.14. The second-order valence-electron chi connectivity index (χ2n) is 7.37. The molecule has 8 heteroatoms. The van der Waals surface area contributed by atoms with Crippen LogP contribution < -0.4 is 9.46 Å². The van der Waals surface area contributed by atoms with Gasteiger partial charge in [-0.05, 0) is 43.0 Å². The Balaban J connectivity index is 2.66. The number of hydrogen-bond donors (Lipinski definition) is 1. The molecule has 0 bridgehead atoms. The number of hydrogen-bond acceptors (Lipinski definition) is 6. The van der Waals surface area contributed by atoms with E-state index in [0.717, 1.165) is 37.0 Å². The Morgan fingerprint density at radius 3 is 2.42 bits per heavy atom. The van der Waals surface area contributed by atoms with E-state index in [1.54, 1.807) is 32.2 Å². The number of esters is 1. The summed E-state index contributed by atoms with van der Waals surface area (Å²) in [6.45, 7) is 6.51. The molecule has 2 unspecified atom stereocenters. The maximum absolute atomic E-state index is 12.3. The van der Waals surface area contributed by atoms with Gasteiger partial charge in [0.2, 0.25) is 10.0 Å². The van der Waals surface area contributed by atoms with Gasteiger partial charge in [0.15, 0.2) is 0 Å². The van der Waals surface area contributed by atoms with Crippen LogP contribution in [0.15, 0.2) is 30.3 Å². The number of unbranched alkanes of at least 4 members (excludes halogenated alkanes) is 1. The van der Waals surface area contributed by atoms with Gasteiger partial charge in [-0.2, -0.15) is 0 Å². The van der Waals surface area contributed by atoms with E-state index in [9.17, 15) is 13.2 Å². The summed E-state index contributed by atoms with van der Waals surface area (Å²) in [5.41, 5.74) is 0.818. The smallest absolute Gasteiger partial charge is 0.331 e. The molecule has 0 radical (unpaired) electrons. The van der Waals surface area contributed by atoms with Gasteiger partial charge >= 0.3 is 5.97 Å². The molecule has 1 aromatic rings. The highest BCUT2D eigenvalue weighted by Gasteiger charge is 2.18. The highest BCUT2D eigenvalue weighted by atomic mass is 32.2. The summed E-state index contributed by atoms with van der Waals surface area (Å²) >= 11 is 0. The SMILES string of the molecule is CCCCC(CC)COCC(CNS(=O)(=O)CC)OC(=O)/C=C/c1ccc(OC)cc1. The normalized spacial score (nSPS) is 13.8. The topological polar surface area (TPSA) is 90.9 Å². The van der Waals surface area contributed by atoms with Crippen LogP contribution in [0.5, 0.6) is 5.75 Å². The van der Waals surface area contributed by atoms with Crippen LogP contribution >= 0.6 is 0 Å². The van der Waals surface area contributed by atoms with Crippen molar-refractivity contribution in [2.24, 2.45) is 5.92 Å². The van der Waals surface area contributed by atoms with Crippen molar-refractivity contribution < 1.29 is 27.4 Å². The molecule has 0 amide bonds. The van der Waals surface area contributed by atoms with E-state index in [1.165, 1.54) is 6.08 Å². The van der Waals surface area contributed by atoms with Crippen LogP contribution in [-0.2, 0) is 24.3 Å². The van der Waals surface area contributed by atoms with E-state index >= 15 is 0 Å². The van der Waals surface area contributed by atoms with Crippen molar-refractivity contribution in [1.82, 2.24) is 4.72 Å². The zero-order valence-corrected chi connectivity index (χ0v) is 19.9. The average molecular weight is 456 g/mol. The highest BCUT2D eigenvalue weighted by molar-refractivity contribution is 7.89. The second-order valence-corrected chi connectivity index (χ2v) is 9.47. The Morgan fingerprint density at radius 1 is 1.13 bits per heavy atom.